The predicted octanol–water partition coefficient (Wildman–Crippen LogP) is 2.18. The number of nitrogens with zero attached hydrogens (tertiary/aromatic N) is 3. The molecule has 0 unspecified atom stereocenters. The first-order valence-corrected chi connectivity index (χ1v) is 9.68. The monoisotopic (exact) mass is 343 g/mol. The van der Waals surface area contributed by atoms with E-state index in [1.54, 1.807) is 0 Å². The van der Waals surface area contributed by atoms with Crippen molar-refractivity contribution in [3.05, 3.63) is 30.1 Å². The summed E-state index contributed by atoms with van der Waals surface area (Å²) in [7, 11) is 2.23. The number of carbonyl (C=O) groups is 1. The Hall–Kier alpha value is -1.46. The van der Waals surface area contributed by atoms with Gasteiger partial charge in [-0.25, -0.2) is 0 Å². The molecule has 4 rings (SSSR count). The van der Waals surface area contributed by atoms with Gasteiger partial charge in [-0.15, -0.1) is 0 Å². The van der Waals surface area contributed by atoms with Gasteiger partial charge in [0.05, 0.1) is 12.5 Å². The van der Waals surface area contributed by atoms with Crippen LogP contribution < -0.4 is 0 Å². The first-order chi connectivity index (χ1) is 12.2. The molecular weight excluding hydrogens is 314 g/mol. The quantitative estimate of drug-likeness (QED) is 0.841. The van der Waals surface area contributed by atoms with E-state index in [4.69, 9.17) is 4.74 Å². The second-order valence-electron chi connectivity index (χ2n) is 8.00. The lowest BCUT2D eigenvalue weighted by atomic mass is 9.77. The molecule has 1 aromatic rings. The molecule has 3 heterocycles. The lowest BCUT2D eigenvalue weighted by Gasteiger charge is -2.39. The molecule has 3 aliphatic rings. The number of pyridine rings is 1. The maximum absolute atomic E-state index is 12.8. The van der Waals surface area contributed by atoms with Crippen molar-refractivity contribution in [3.63, 3.8) is 0 Å². The average molecular weight is 343 g/mol. The number of carbonyl (C=O) groups excluding carboxylic acids is 1. The fourth-order valence-corrected chi connectivity index (χ4v) is 5.05. The molecule has 1 aliphatic carbocycles. The highest BCUT2D eigenvalue weighted by molar-refractivity contribution is 5.79. The van der Waals surface area contributed by atoms with E-state index in [1.165, 1.54) is 24.8 Å². The smallest absolute Gasteiger partial charge is 0.228 e. The zero-order chi connectivity index (χ0) is 17.2. The molecule has 2 aliphatic heterocycles. The van der Waals surface area contributed by atoms with Crippen LogP contribution in [0.5, 0.6) is 0 Å². The number of amides is 1. The van der Waals surface area contributed by atoms with E-state index in [0.717, 1.165) is 32.7 Å². The SMILES string of the molecule is CN(Cc1cccnc1)[C@H]1CCC[C@@H]2CN(C(=O)[C@H]3CCOC3)C[C@@H]21. The zero-order valence-electron chi connectivity index (χ0n) is 15.1. The number of hydrogen-bond acceptors (Lipinski definition) is 4. The van der Waals surface area contributed by atoms with Gasteiger partial charge in [0.2, 0.25) is 5.91 Å². The Bertz CT molecular complexity index is 588. The Kier molecular flexibility index (Phi) is 5.04. The van der Waals surface area contributed by atoms with Crippen molar-refractivity contribution in [1.82, 2.24) is 14.8 Å². The first kappa shape index (κ1) is 17.0. The van der Waals surface area contributed by atoms with Crippen molar-refractivity contribution in [3.8, 4) is 0 Å². The van der Waals surface area contributed by atoms with E-state index in [-0.39, 0.29) is 5.92 Å². The van der Waals surface area contributed by atoms with Crippen molar-refractivity contribution >= 4 is 5.91 Å². The van der Waals surface area contributed by atoms with E-state index < -0.39 is 0 Å². The van der Waals surface area contributed by atoms with E-state index in [9.17, 15) is 4.79 Å². The molecule has 1 aromatic heterocycles. The van der Waals surface area contributed by atoms with Gasteiger partial charge in [0.15, 0.2) is 0 Å². The second kappa shape index (κ2) is 7.42. The van der Waals surface area contributed by atoms with Crippen LogP contribution in [0.15, 0.2) is 24.5 Å². The van der Waals surface area contributed by atoms with E-state index >= 15 is 0 Å². The molecule has 4 atom stereocenters. The molecule has 0 bridgehead atoms. The van der Waals surface area contributed by atoms with Crippen LogP contribution in [0.1, 0.15) is 31.2 Å². The molecule has 0 N–H and O–H groups in total. The Balaban J connectivity index is 1.41. The van der Waals surface area contributed by atoms with Crippen LogP contribution in [0.3, 0.4) is 0 Å². The molecule has 25 heavy (non-hydrogen) atoms. The van der Waals surface area contributed by atoms with Crippen molar-refractivity contribution in [2.24, 2.45) is 17.8 Å². The molecule has 3 fully saturated rings. The van der Waals surface area contributed by atoms with Gasteiger partial charge in [0.25, 0.3) is 0 Å². The number of fused-ring (bicyclic) bond motifs is 1. The molecule has 136 valence electrons. The van der Waals surface area contributed by atoms with E-state index in [1.807, 2.05) is 18.5 Å². The van der Waals surface area contributed by atoms with Crippen LogP contribution in [-0.2, 0) is 16.1 Å². The molecule has 5 nitrogen and oxygen atoms in total. The first-order valence-electron chi connectivity index (χ1n) is 9.68. The standard InChI is InChI=1S/C20H29N3O2/c1-22(11-15-4-3-8-21-10-15)19-6-2-5-16-12-23(13-18(16)19)20(24)17-7-9-25-14-17/h3-4,8,10,16-19H,2,5-7,9,11-14H2,1H3/t16-,17+,18+,19+/m1/s1. The van der Waals surface area contributed by atoms with Crippen molar-refractivity contribution < 1.29 is 9.53 Å². The number of likely N-dealkylation sites (tertiary alicyclic amines) is 1. The highest BCUT2D eigenvalue weighted by Crippen LogP contribution is 2.39. The molecular formula is C20H29N3O2. The third-order valence-corrected chi connectivity index (χ3v) is 6.37. The maximum Gasteiger partial charge on any atom is 0.228 e. The van der Waals surface area contributed by atoms with Crippen molar-refractivity contribution in [2.45, 2.75) is 38.3 Å². The second-order valence-corrected chi connectivity index (χ2v) is 8.00. The van der Waals surface area contributed by atoms with Crippen molar-refractivity contribution in [1.29, 1.82) is 0 Å². The van der Waals surface area contributed by atoms with Crippen LogP contribution in [0.25, 0.3) is 0 Å². The lowest BCUT2D eigenvalue weighted by Crippen LogP contribution is -2.43. The number of rotatable bonds is 4. The van der Waals surface area contributed by atoms with Gasteiger partial charge < -0.3 is 9.64 Å². The maximum atomic E-state index is 12.8. The molecule has 1 saturated carbocycles. The zero-order valence-corrected chi connectivity index (χ0v) is 15.1. The highest BCUT2D eigenvalue weighted by Gasteiger charge is 2.44. The summed E-state index contributed by atoms with van der Waals surface area (Å²) in [4.78, 5) is 21.7. The summed E-state index contributed by atoms with van der Waals surface area (Å²) < 4.78 is 5.42. The van der Waals surface area contributed by atoms with Crippen LogP contribution in [0.4, 0.5) is 0 Å². The Morgan fingerprint density at radius 3 is 3.04 bits per heavy atom. The normalized spacial score (nSPS) is 32.2. The van der Waals surface area contributed by atoms with Gasteiger partial charge in [-0.2, -0.15) is 0 Å². The Morgan fingerprint density at radius 1 is 1.36 bits per heavy atom. The third-order valence-electron chi connectivity index (χ3n) is 6.37. The summed E-state index contributed by atoms with van der Waals surface area (Å²) in [5.41, 5.74) is 1.26. The number of ether oxygens (including phenoxy) is 1. The minimum atomic E-state index is 0.103. The molecule has 5 heteroatoms. The van der Waals surface area contributed by atoms with Crippen LogP contribution >= 0.6 is 0 Å². The largest absolute Gasteiger partial charge is 0.381 e. The fourth-order valence-electron chi connectivity index (χ4n) is 5.05. The summed E-state index contributed by atoms with van der Waals surface area (Å²) in [6, 6.07) is 4.72. The number of aromatic nitrogens is 1. The minimum absolute atomic E-state index is 0.103. The van der Waals surface area contributed by atoms with Gasteiger partial charge in [-0.3, -0.25) is 14.7 Å². The fraction of sp³-hybridized carbons (Fsp3) is 0.700. The van der Waals surface area contributed by atoms with Gasteiger partial charge in [-0.1, -0.05) is 12.5 Å². The third kappa shape index (κ3) is 3.58. The van der Waals surface area contributed by atoms with Crippen molar-refractivity contribution in [2.75, 3.05) is 33.4 Å². The van der Waals surface area contributed by atoms with Gasteiger partial charge >= 0.3 is 0 Å². The lowest BCUT2D eigenvalue weighted by molar-refractivity contribution is -0.134. The summed E-state index contributed by atoms with van der Waals surface area (Å²) in [6.45, 7) is 4.19. The molecule has 0 aromatic carbocycles. The average Bonchev–Trinajstić information content (AvgIpc) is 3.31. The van der Waals surface area contributed by atoms with E-state index in [0.29, 0.717) is 30.4 Å². The Morgan fingerprint density at radius 2 is 2.28 bits per heavy atom. The summed E-state index contributed by atoms with van der Waals surface area (Å²) in [5, 5.41) is 0. The summed E-state index contributed by atoms with van der Waals surface area (Å²) in [6.07, 6.45) is 8.47. The molecule has 2 saturated heterocycles. The molecule has 0 spiro atoms. The summed E-state index contributed by atoms with van der Waals surface area (Å²) in [5.74, 6) is 1.72. The van der Waals surface area contributed by atoms with Crippen LogP contribution in [-0.4, -0.2) is 60.1 Å². The predicted molar refractivity (Wildman–Crippen MR) is 95.8 cm³/mol. The minimum Gasteiger partial charge on any atom is -0.381 e. The van der Waals surface area contributed by atoms with E-state index in [2.05, 4.69) is 27.9 Å². The van der Waals surface area contributed by atoms with Gasteiger partial charge in [0.1, 0.15) is 0 Å². The highest BCUT2D eigenvalue weighted by atomic mass is 16.5. The Labute approximate surface area is 150 Å². The van der Waals surface area contributed by atoms with Gasteiger partial charge in [0, 0.05) is 44.7 Å². The van der Waals surface area contributed by atoms with Crippen LogP contribution in [0, 0.1) is 17.8 Å². The van der Waals surface area contributed by atoms with Crippen LogP contribution in [0.2, 0.25) is 0 Å². The van der Waals surface area contributed by atoms with Gasteiger partial charge in [-0.05, 0) is 49.8 Å². The number of hydrogen-bond donors (Lipinski definition) is 0. The molecule has 1 amide bonds. The summed E-state index contributed by atoms with van der Waals surface area (Å²) >= 11 is 0. The topological polar surface area (TPSA) is 45.7 Å². The molecule has 0 radical (unpaired) electrons.